The van der Waals surface area contributed by atoms with Crippen LogP contribution in [0.5, 0.6) is 0 Å². The van der Waals surface area contributed by atoms with Crippen LogP contribution >= 0.6 is 0 Å². The summed E-state index contributed by atoms with van der Waals surface area (Å²) in [6.07, 6.45) is 6.10. The zero-order valence-electron chi connectivity index (χ0n) is 16.2. The second kappa shape index (κ2) is 7.46. The van der Waals surface area contributed by atoms with Crippen LogP contribution in [-0.4, -0.2) is 37.6 Å². The molecule has 1 aliphatic rings. The molecule has 0 radical (unpaired) electrons. The number of aromatic nitrogens is 4. The van der Waals surface area contributed by atoms with Crippen LogP contribution in [-0.2, 0) is 15.0 Å². The fourth-order valence-corrected chi connectivity index (χ4v) is 2.69. The van der Waals surface area contributed by atoms with Crippen molar-refractivity contribution in [3.8, 4) is 5.95 Å². The summed E-state index contributed by atoms with van der Waals surface area (Å²) in [7, 11) is 0. The molecule has 144 valence electrons. The van der Waals surface area contributed by atoms with Gasteiger partial charge in [0.05, 0.1) is 5.69 Å². The van der Waals surface area contributed by atoms with Gasteiger partial charge in [0.2, 0.25) is 11.8 Å². The highest BCUT2D eigenvalue weighted by Crippen LogP contribution is 2.27. The molecular formula is C19H26N6O2. The van der Waals surface area contributed by atoms with E-state index in [-0.39, 0.29) is 23.1 Å². The molecule has 8 nitrogen and oxygen atoms in total. The Balaban J connectivity index is 1.79. The van der Waals surface area contributed by atoms with Crippen LogP contribution in [0.2, 0.25) is 0 Å². The van der Waals surface area contributed by atoms with E-state index >= 15 is 0 Å². The SMILES string of the molecule is CC(NC(=O)C1CCC1)C(=O)Nc1cc(C(C)(C)C)nn1-c1ncccn1. The fraction of sp³-hybridized carbons (Fsp3) is 0.526. The predicted molar refractivity (Wildman–Crippen MR) is 101 cm³/mol. The maximum Gasteiger partial charge on any atom is 0.252 e. The Hall–Kier alpha value is -2.77. The molecule has 8 heteroatoms. The van der Waals surface area contributed by atoms with Crippen LogP contribution in [0.25, 0.3) is 5.95 Å². The Morgan fingerprint density at radius 1 is 1.22 bits per heavy atom. The average molecular weight is 370 g/mol. The monoisotopic (exact) mass is 370 g/mol. The van der Waals surface area contributed by atoms with E-state index in [0.717, 1.165) is 25.0 Å². The van der Waals surface area contributed by atoms with Gasteiger partial charge < -0.3 is 10.6 Å². The van der Waals surface area contributed by atoms with Gasteiger partial charge in [0.15, 0.2) is 0 Å². The molecule has 1 unspecified atom stereocenters. The van der Waals surface area contributed by atoms with Crippen LogP contribution < -0.4 is 10.6 Å². The maximum absolute atomic E-state index is 12.6. The molecular weight excluding hydrogens is 344 g/mol. The molecule has 1 atom stereocenters. The lowest BCUT2D eigenvalue weighted by Gasteiger charge is -2.25. The summed E-state index contributed by atoms with van der Waals surface area (Å²) in [6, 6.07) is 2.89. The highest BCUT2D eigenvalue weighted by molar-refractivity contribution is 5.96. The zero-order chi connectivity index (χ0) is 19.6. The van der Waals surface area contributed by atoms with Gasteiger partial charge in [-0.2, -0.15) is 9.78 Å². The summed E-state index contributed by atoms with van der Waals surface area (Å²) >= 11 is 0. The number of hydrogen-bond donors (Lipinski definition) is 2. The minimum Gasteiger partial charge on any atom is -0.344 e. The first-order chi connectivity index (χ1) is 12.8. The number of anilines is 1. The van der Waals surface area contributed by atoms with Crippen molar-refractivity contribution in [1.82, 2.24) is 25.1 Å². The standard InChI is InChI=1S/C19H26N6O2/c1-12(22-17(27)13-7-5-8-13)16(26)23-15-11-14(19(2,3)4)24-25(15)18-20-9-6-10-21-18/h6,9-13H,5,7-8H2,1-4H3,(H,22,27)(H,23,26). The molecule has 0 aromatic carbocycles. The van der Waals surface area contributed by atoms with Crippen molar-refractivity contribution in [3.63, 3.8) is 0 Å². The molecule has 1 fully saturated rings. The van der Waals surface area contributed by atoms with Crippen molar-refractivity contribution in [3.05, 3.63) is 30.2 Å². The number of nitrogens with zero attached hydrogens (tertiary/aromatic N) is 4. The third-order valence-electron chi connectivity index (χ3n) is 4.70. The van der Waals surface area contributed by atoms with Crippen molar-refractivity contribution in [2.24, 2.45) is 5.92 Å². The largest absolute Gasteiger partial charge is 0.344 e. The molecule has 1 aliphatic carbocycles. The van der Waals surface area contributed by atoms with E-state index in [0.29, 0.717) is 11.8 Å². The maximum atomic E-state index is 12.6. The molecule has 1 saturated carbocycles. The van der Waals surface area contributed by atoms with Gasteiger partial charge >= 0.3 is 0 Å². The first kappa shape index (κ1) is 19.0. The van der Waals surface area contributed by atoms with Gasteiger partial charge in [0.1, 0.15) is 11.9 Å². The number of nitrogens with one attached hydrogen (secondary N) is 2. The first-order valence-corrected chi connectivity index (χ1v) is 9.25. The lowest BCUT2D eigenvalue weighted by molar-refractivity contribution is -0.130. The molecule has 2 heterocycles. The van der Waals surface area contributed by atoms with Crippen molar-refractivity contribution < 1.29 is 9.59 Å². The molecule has 2 amide bonds. The zero-order valence-corrected chi connectivity index (χ0v) is 16.2. The second-order valence-electron chi connectivity index (χ2n) is 7.97. The number of carbonyl (C=O) groups excluding carboxylic acids is 2. The van der Waals surface area contributed by atoms with Crippen LogP contribution in [0.4, 0.5) is 5.82 Å². The average Bonchev–Trinajstić information content (AvgIpc) is 2.98. The van der Waals surface area contributed by atoms with Gasteiger partial charge in [-0.05, 0) is 25.8 Å². The summed E-state index contributed by atoms with van der Waals surface area (Å²) in [5.74, 6) is 0.519. The third-order valence-corrected chi connectivity index (χ3v) is 4.70. The van der Waals surface area contributed by atoms with Crippen molar-refractivity contribution in [1.29, 1.82) is 0 Å². The van der Waals surface area contributed by atoms with Crippen molar-refractivity contribution >= 4 is 17.6 Å². The van der Waals surface area contributed by atoms with Crippen LogP contribution in [0.3, 0.4) is 0 Å². The van der Waals surface area contributed by atoms with Crippen LogP contribution in [0.1, 0.15) is 52.7 Å². The van der Waals surface area contributed by atoms with Crippen molar-refractivity contribution in [2.45, 2.75) is 58.4 Å². The van der Waals surface area contributed by atoms with Gasteiger partial charge in [0.25, 0.3) is 5.95 Å². The Morgan fingerprint density at radius 2 is 1.89 bits per heavy atom. The summed E-state index contributed by atoms with van der Waals surface area (Å²) in [5, 5.41) is 10.2. The Labute approximate surface area is 158 Å². The molecule has 3 rings (SSSR count). The Bertz CT molecular complexity index is 820. The first-order valence-electron chi connectivity index (χ1n) is 9.25. The van der Waals surface area contributed by atoms with Gasteiger partial charge in [-0.1, -0.05) is 27.2 Å². The molecule has 2 N–H and O–H groups in total. The molecule has 0 bridgehead atoms. The van der Waals surface area contributed by atoms with Crippen molar-refractivity contribution in [2.75, 3.05) is 5.32 Å². The quantitative estimate of drug-likeness (QED) is 0.840. The highest BCUT2D eigenvalue weighted by atomic mass is 16.2. The molecule has 2 aromatic rings. The van der Waals surface area contributed by atoms with E-state index in [2.05, 4.69) is 25.7 Å². The van der Waals surface area contributed by atoms with Crippen LogP contribution in [0.15, 0.2) is 24.5 Å². The third kappa shape index (κ3) is 4.32. The summed E-state index contributed by atoms with van der Waals surface area (Å²) in [6.45, 7) is 7.80. The second-order valence-corrected chi connectivity index (χ2v) is 7.97. The number of hydrogen-bond acceptors (Lipinski definition) is 5. The Kier molecular flexibility index (Phi) is 5.25. The predicted octanol–water partition coefficient (Wildman–Crippen LogP) is 2.20. The number of amides is 2. The van der Waals surface area contributed by atoms with E-state index in [1.165, 1.54) is 4.68 Å². The summed E-state index contributed by atoms with van der Waals surface area (Å²) < 4.78 is 1.51. The Morgan fingerprint density at radius 3 is 2.44 bits per heavy atom. The lowest BCUT2D eigenvalue weighted by atomic mass is 9.84. The van der Waals surface area contributed by atoms with E-state index in [1.54, 1.807) is 25.4 Å². The molecule has 27 heavy (non-hydrogen) atoms. The molecule has 2 aromatic heterocycles. The lowest BCUT2D eigenvalue weighted by Crippen LogP contribution is -2.45. The van der Waals surface area contributed by atoms with E-state index in [9.17, 15) is 9.59 Å². The minimum atomic E-state index is -0.642. The molecule has 0 spiro atoms. The smallest absolute Gasteiger partial charge is 0.252 e. The van der Waals surface area contributed by atoms with E-state index in [1.807, 2.05) is 26.8 Å². The van der Waals surface area contributed by atoms with E-state index < -0.39 is 6.04 Å². The molecule has 0 saturated heterocycles. The molecule has 0 aliphatic heterocycles. The number of carbonyl (C=O) groups is 2. The highest BCUT2D eigenvalue weighted by Gasteiger charge is 2.28. The minimum absolute atomic E-state index is 0.0380. The van der Waals surface area contributed by atoms with Gasteiger partial charge in [-0.25, -0.2) is 9.97 Å². The van der Waals surface area contributed by atoms with Crippen LogP contribution in [0, 0.1) is 5.92 Å². The van der Waals surface area contributed by atoms with Gasteiger partial charge in [0, 0.05) is 29.8 Å². The normalized spacial score (nSPS) is 15.7. The topological polar surface area (TPSA) is 102 Å². The van der Waals surface area contributed by atoms with Gasteiger partial charge in [-0.15, -0.1) is 0 Å². The number of rotatable bonds is 5. The summed E-state index contributed by atoms with van der Waals surface area (Å²) in [5.41, 5.74) is 0.597. The fourth-order valence-electron chi connectivity index (χ4n) is 2.69. The van der Waals surface area contributed by atoms with E-state index in [4.69, 9.17) is 0 Å². The van der Waals surface area contributed by atoms with Gasteiger partial charge in [-0.3, -0.25) is 9.59 Å². The summed E-state index contributed by atoms with van der Waals surface area (Å²) in [4.78, 5) is 33.1.